The van der Waals surface area contributed by atoms with Crippen LogP contribution in [0.2, 0.25) is 0 Å². The molecule has 0 unspecified atom stereocenters. The van der Waals surface area contributed by atoms with E-state index >= 15 is 0 Å². The van der Waals surface area contributed by atoms with E-state index in [1.165, 1.54) is 10.8 Å². The van der Waals surface area contributed by atoms with Gasteiger partial charge >= 0.3 is 26.2 Å². The van der Waals surface area contributed by atoms with E-state index in [9.17, 15) is 0 Å². The van der Waals surface area contributed by atoms with Gasteiger partial charge in [0.1, 0.15) is 0 Å². The van der Waals surface area contributed by atoms with Crippen LogP contribution in [-0.4, -0.2) is 20.5 Å². The number of hydrogen-bond acceptors (Lipinski definition) is 2. The molecule has 0 atom stereocenters. The van der Waals surface area contributed by atoms with E-state index in [0.717, 1.165) is 0 Å². The normalized spacial score (nSPS) is 8.00. The number of rotatable bonds is 2. The van der Waals surface area contributed by atoms with Gasteiger partial charge in [0.25, 0.3) is 0 Å². The van der Waals surface area contributed by atoms with Crippen LogP contribution in [0.4, 0.5) is 0 Å². The van der Waals surface area contributed by atoms with E-state index in [2.05, 4.69) is 51.9 Å². The molecule has 0 aliphatic carbocycles. The van der Waals surface area contributed by atoms with Crippen LogP contribution < -0.4 is 37.2 Å². The van der Waals surface area contributed by atoms with Gasteiger partial charge in [-0.05, 0) is 6.92 Å². The summed E-state index contributed by atoms with van der Waals surface area (Å²) in [5, 5.41) is 2.66. The molecular formula is C13H17Cl3O2Zr. The number of benzene rings is 1. The van der Waals surface area contributed by atoms with E-state index in [-0.39, 0.29) is 69.7 Å². The van der Waals surface area contributed by atoms with Crippen molar-refractivity contribution in [2.24, 2.45) is 0 Å². The maximum Gasteiger partial charge on any atom is 4.00 e. The maximum atomic E-state index is 4.68. The maximum absolute atomic E-state index is 4.68. The number of ether oxygens (including phenoxy) is 2. The van der Waals surface area contributed by atoms with Crippen molar-refractivity contribution >= 4 is 10.8 Å². The first-order chi connectivity index (χ1) is 7.27. The summed E-state index contributed by atoms with van der Waals surface area (Å²) < 4.78 is 9.35. The third-order valence-corrected chi connectivity index (χ3v) is 2.21. The molecule has 0 N–H and O–H groups in total. The van der Waals surface area contributed by atoms with Crippen molar-refractivity contribution in [2.75, 3.05) is 14.2 Å². The first kappa shape index (κ1) is 27.8. The molecule has 2 aromatic carbocycles. The molecular weight excluding hydrogens is 386 g/mol. The number of hydrogen-bond donors (Lipinski definition) is 0. The van der Waals surface area contributed by atoms with E-state index in [1.54, 1.807) is 14.2 Å². The van der Waals surface area contributed by atoms with Crippen LogP contribution in [0.1, 0.15) is 6.92 Å². The molecule has 0 bridgehead atoms. The monoisotopic (exact) mass is 400 g/mol. The van der Waals surface area contributed by atoms with Crippen molar-refractivity contribution in [3.63, 3.8) is 0 Å². The van der Waals surface area contributed by atoms with Gasteiger partial charge in [-0.25, -0.2) is 0 Å². The van der Waals surface area contributed by atoms with E-state index in [0.29, 0.717) is 0 Å². The van der Waals surface area contributed by atoms with Crippen LogP contribution in [0, 0.1) is 0 Å². The second-order valence-electron chi connectivity index (χ2n) is 3.19. The predicted octanol–water partition coefficient (Wildman–Crippen LogP) is -5.81. The summed E-state index contributed by atoms with van der Waals surface area (Å²) in [5.74, 6) is 0. The zero-order chi connectivity index (χ0) is 11.1. The molecule has 0 aliphatic rings. The molecule has 2 aromatic rings. The number of fused-ring (bicyclic) bond motifs is 1. The van der Waals surface area contributed by atoms with Crippen molar-refractivity contribution in [1.29, 1.82) is 0 Å². The fourth-order valence-corrected chi connectivity index (χ4v) is 1.17. The standard InChI is InChI=1S/C9H7.C4H10O2.3ClH.Zr/c1-2-5-9-7-3-6-8(9)4-1;1-4(5-2)6-3;;;;/h1-7H;4H,1-3H3;3*1H;/q-1;;;;;+4/p-3. The molecule has 0 amide bonds. The molecule has 0 fully saturated rings. The molecule has 2 nitrogen and oxygen atoms in total. The Hall–Kier alpha value is 0.503. The summed E-state index contributed by atoms with van der Waals surface area (Å²) in [7, 11) is 3.21. The van der Waals surface area contributed by atoms with Gasteiger partial charge in [-0.15, -0.1) is 29.7 Å². The van der Waals surface area contributed by atoms with Gasteiger partial charge < -0.3 is 46.7 Å². The largest absolute Gasteiger partial charge is 4.00 e. The van der Waals surface area contributed by atoms with Gasteiger partial charge in [-0.2, -0.15) is 17.5 Å². The molecule has 0 saturated carbocycles. The molecule has 0 spiro atoms. The Balaban J connectivity index is -0.000000104. The topological polar surface area (TPSA) is 18.5 Å². The first-order valence-electron chi connectivity index (χ1n) is 4.94. The smallest absolute Gasteiger partial charge is 1.00 e. The van der Waals surface area contributed by atoms with E-state index in [1.807, 2.05) is 6.92 Å². The van der Waals surface area contributed by atoms with Gasteiger partial charge in [0.05, 0.1) is 0 Å². The quantitative estimate of drug-likeness (QED) is 0.368. The van der Waals surface area contributed by atoms with Gasteiger partial charge in [-0.3, -0.25) is 0 Å². The molecule has 0 radical (unpaired) electrons. The summed E-state index contributed by atoms with van der Waals surface area (Å²) in [5.41, 5.74) is 0. The van der Waals surface area contributed by atoms with Crippen molar-refractivity contribution < 1.29 is 72.9 Å². The van der Waals surface area contributed by atoms with Crippen LogP contribution in [0.15, 0.2) is 42.5 Å². The minimum Gasteiger partial charge on any atom is -1.00 e. The van der Waals surface area contributed by atoms with Crippen LogP contribution in [0.3, 0.4) is 0 Å². The summed E-state index contributed by atoms with van der Waals surface area (Å²) in [6.07, 6.45) is -0.0648. The summed E-state index contributed by atoms with van der Waals surface area (Å²) in [4.78, 5) is 0. The third kappa shape index (κ3) is 10.9. The van der Waals surface area contributed by atoms with Crippen molar-refractivity contribution in [2.45, 2.75) is 13.2 Å². The van der Waals surface area contributed by atoms with Crippen LogP contribution in [-0.2, 0) is 35.7 Å². The van der Waals surface area contributed by atoms with Crippen LogP contribution >= 0.6 is 0 Å². The first-order valence-corrected chi connectivity index (χ1v) is 4.94. The SMILES string of the molecule is COC(C)OC.[Cl-].[Cl-].[Cl-].[Zr+4].c1ccc2[cH-]ccc2c1. The van der Waals surface area contributed by atoms with Gasteiger partial charge in [0, 0.05) is 14.2 Å². The predicted molar refractivity (Wildman–Crippen MR) is 63.0 cm³/mol. The second kappa shape index (κ2) is 16.6. The molecule has 2 rings (SSSR count). The van der Waals surface area contributed by atoms with Crippen LogP contribution in [0.5, 0.6) is 0 Å². The zero-order valence-corrected chi connectivity index (χ0v) is 15.8. The average Bonchev–Trinajstić information content (AvgIpc) is 2.76. The van der Waals surface area contributed by atoms with E-state index in [4.69, 9.17) is 0 Å². The number of halogens is 3. The van der Waals surface area contributed by atoms with Crippen LogP contribution in [0.25, 0.3) is 10.8 Å². The zero-order valence-electron chi connectivity index (χ0n) is 11.1. The fraction of sp³-hybridized carbons (Fsp3) is 0.308. The number of methoxy groups -OCH3 is 2. The summed E-state index contributed by atoms with van der Waals surface area (Å²) >= 11 is 0. The Labute approximate surface area is 153 Å². The van der Waals surface area contributed by atoms with Crippen molar-refractivity contribution in [3.05, 3.63) is 42.5 Å². The molecule has 0 aromatic heterocycles. The fourth-order valence-electron chi connectivity index (χ4n) is 1.17. The Bertz CT molecular complexity index is 362. The minimum absolute atomic E-state index is 0. The molecule has 0 heterocycles. The Morgan fingerprint density at radius 3 is 1.89 bits per heavy atom. The summed E-state index contributed by atoms with van der Waals surface area (Å²) in [6, 6.07) is 14.7. The third-order valence-electron chi connectivity index (χ3n) is 2.21. The molecule has 106 valence electrons. The van der Waals surface area contributed by atoms with Crippen molar-refractivity contribution in [3.8, 4) is 0 Å². The molecule has 6 heteroatoms. The molecule has 0 aliphatic heterocycles. The van der Waals surface area contributed by atoms with Gasteiger partial charge in [0.15, 0.2) is 6.29 Å². The molecule has 19 heavy (non-hydrogen) atoms. The van der Waals surface area contributed by atoms with E-state index < -0.39 is 0 Å². The van der Waals surface area contributed by atoms with Gasteiger partial charge in [-0.1, -0.05) is 6.07 Å². The summed E-state index contributed by atoms with van der Waals surface area (Å²) in [6.45, 7) is 1.83. The average molecular weight is 403 g/mol. The Kier molecular flexibility index (Phi) is 24.2. The molecule has 0 saturated heterocycles. The van der Waals surface area contributed by atoms with Gasteiger partial charge in [0.2, 0.25) is 0 Å². The second-order valence-corrected chi connectivity index (χ2v) is 3.19. The Morgan fingerprint density at radius 1 is 0.947 bits per heavy atom. The van der Waals surface area contributed by atoms with Crippen molar-refractivity contribution in [1.82, 2.24) is 0 Å². The Morgan fingerprint density at radius 2 is 1.47 bits per heavy atom. The minimum atomic E-state index is -0.0648.